The predicted octanol–water partition coefficient (Wildman–Crippen LogP) is 10.7. The zero-order chi connectivity index (χ0) is 25.5. The number of fused-ring (bicyclic) bond motifs is 9. The number of hydrogen-bond acceptors (Lipinski definition) is 2. The van der Waals surface area contributed by atoms with Crippen molar-refractivity contribution in [2.24, 2.45) is 0 Å². The molecule has 3 heterocycles. The van der Waals surface area contributed by atoms with E-state index in [1.807, 2.05) is 23.5 Å². The molecule has 2 nitrogen and oxygen atoms in total. The molecule has 9 rings (SSSR count). The first kappa shape index (κ1) is 21.1. The Kier molecular flexibility index (Phi) is 4.24. The van der Waals surface area contributed by atoms with E-state index >= 15 is 0 Å². The van der Waals surface area contributed by atoms with Gasteiger partial charge in [-0.3, -0.25) is 0 Å². The number of hydrogen-bond donors (Lipinski definition) is 0. The minimum atomic E-state index is 0.924. The lowest BCUT2D eigenvalue weighted by atomic mass is 10.00. The third-order valence-electron chi connectivity index (χ3n) is 7.99. The summed E-state index contributed by atoms with van der Waals surface area (Å²) in [6.45, 7) is 0. The molecule has 0 aliphatic carbocycles. The van der Waals surface area contributed by atoms with Crippen molar-refractivity contribution in [3.05, 3.63) is 127 Å². The summed E-state index contributed by atoms with van der Waals surface area (Å²) in [5, 5.41) is 7.51. The van der Waals surface area contributed by atoms with Crippen LogP contribution in [-0.2, 0) is 0 Å². The minimum Gasteiger partial charge on any atom is -0.456 e. The molecular formula is C36H21NOS. The normalized spacial score (nSPS) is 12.1. The Balaban J connectivity index is 1.35. The first-order valence-corrected chi connectivity index (χ1v) is 14.0. The fraction of sp³-hybridized carbons (Fsp3) is 0. The molecule has 0 N–H and O–H groups in total. The fourth-order valence-corrected chi connectivity index (χ4v) is 7.30. The van der Waals surface area contributed by atoms with Gasteiger partial charge in [0.15, 0.2) is 0 Å². The molecule has 3 heteroatoms. The zero-order valence-electron chi connectivity index (χ0n) is 20.9. The van der Waals surface area contributed by atoms with Gasteiger partial charge in [-0.1, -0.05) is 66.7 Å². The number of aromatic nitrogens is 1. The van der Waals surface area contributed by atoms with E-state index in [0.29, 0.717) is 0 Å². The van der Waals surface area contributed by atoms with Crippen LogP contribution in [0.2, 0.25) is 0 Å². The van der Waals surface area contributed by atoms with Gasteiger partial charge in [-0.2, -0.15) is 0 Å². The molecule has 0 saturated carbocycles. The Morgan fingerprint density at radius 1 is 0.436 bits per heavy atom. The average molecular weight is 516 g/mol. The van der Waals surface area contributed by atoms with Crippen LogP contribution in [0, 0.1) is 0 Å². The molecule has 0 saturated heterocycles. The van der Waals surface area contributed by atoms with Crippen molar-refractivity contribution in [1.29, 1.82) is 0 Å². The second-order valence-electron chi connectivity index (χ2n) is 10.2. The Bertz CT molecular complexity index is 2390. The molecule has 0 fully saturated rings. The monoisotopic (exact) mass is 515 g/mol. The van der Waals surface area contributed by atoms with Crippen molar-refractivity contribution in [2.45, 2.75) is 0 Å². The highest BCUT2D eigenvalue weighted by molar-refractivity contribution is 7.25. The molecule has 182 valence electrons. The van der Waals surface area contributed by atoms with Crippen LogP contribution >= 0.6 is 11.3 Å². The molecule has 3 aromatic heterocycles. The first-order valence-electron chi connectivity index (χ1n) is 13.2. The largest absolute Gasteiger partial charge is 0.456 e. The van der Waals surface area contributed by atoms with Gasteiger partial charge >= 0.3 is 0 Å². The molecule has 9 aromatic rings. The Hall–Kier alpha value is -4.86. The Morgan fingerprint density at radius 3 is 2.03 bits per heavy atom. The van der Waals surface area contributed by atoms with Crippen molar-refractivity contribution in [3.63, 3.8) is 0 Å². The number of para-hydroxylation sites is 2. The van der Waals surface area contributed by atoms with E-state index in [4.69, 9.17) is 4.42 Å². The van der Waals surface area contributed by atoms with Crippen molar-refractivity contribution >= 4 is 75.3 Å². The molecule has 0 aliphatic heterocycles. The highest BCUT2D eigenvalue weighted by atomic mass is 32.1. The Morgan fingerprint density at radius 2 is 1.13 bits per heavy atom. The second-order valence-corrected chi connectivity index (χ2v) is 11.3. The van der Waals surface area contributed by atoms with Crippen molar-refractivity contribution in [1.82, 2.24) is 4.57 Å². The SMILES string of the molecule is c1ccc(-n2c3ccc(-c4ccc5oc6ccccc6c5c4)cc3c3cc4c(cc32)sc2ccccc24)cc1. The van der Waals surface area contributed by atoms with E-state index in [1.54, 1.807) is 0 Å². The van der Waals surface area contributed by atoms with Gasteiger partial charge in [0.25, 0.3) is 0 Å². The fourth-order valence-electron chi connectivity index (χ4n) is 6.18. The summed E-state index contributed by atoms with van der Waals surface area (Å²) in [4.78, 5) is 0. The van der Waals surface area contributed by atoms with Crippen LogP contribution in [0.3, 0.4) is 0 Å². The van der Waals surface area contributed by atoms with Crippen LogP contribution in [0.1, 0.15) is 0 Å². The lowest BCUT2D eigenvalue weighted by Gasteiger charge is -2.08. The van der Waals surface area contributed by atoms with Crippen LogP contribution in [0.15, 0.2) is 132 Å². The topological polar surface area (TPSA) is 18.1 Å². The Labute approximate surface area is 227 Å². The molecule has 0 radical (unpaired) electrons. The van der Waals surface area contributed by atoms with Crippen LogP contribution in [0.5, 0.6) is 0 Å². The number of rotatable bonds is 2. The molecule has 0 bridgehead atoms. The van der Waals surface area contributed by atoms with Gasteiger partial charge < -0.3 is 8.98 Å². The van der Waals surface area contributed by atoms with Crippen molar-refractivity contribution < 1.29 is 4.42 Å². The zero-order valence-corrected chi connectivity index (χ0v) is 21.7. The second kappa shape index (κ2) is 7.83. The summed E-state index contributed by atoms with van der Waals surface area (Å²) in [6.07, 6.45) is 0. The van der Waals surface area contributed by atoms with E-state index in [2.05, 4.69) is 120 Å². The highest BCUT2D eigenvalue weighted by Crippen LogP contribution is 2.42. The molecule has 0 aliphatic rings. The lowest BCUT2D eigenvalue weighted by molar-refractivity contribution is 0.669. The third kappa shape index (κ3) is 3.02. The number of benzene rings is 6. The lowest BCUT2D eigenvalue weighted by Crippen LogP contribution is -1.92. The maximum atomic E-state index is 6.09. The van der Waals surface area contributed by atoms with Gasteiger partial charge in [-0.25, -0.2) is 0 Å². The van der Waals surface area contributed by atoms with Gasteiger partial charge in [0.1, 0.15) is 11.2 Å². The van der Waals surface area contributed by atoms with E-state index < -0.39 is 0 Å². The van der Waals surface area contributed by atoms with E-state index in [0.717, 1.165) is 21.9 Å². The average Bonchev–Trinajstić information content (AvgIpc) is 3.64. The maximum Gasteiger partial charge on any atom is 0.135 e. The summed E-state index contributed by atoms with van der Waals surface area (Å²) < 4.78 is 11.1. The summed E-state index contributed by atoms with van der Waals surface area (Å²) in [7, 11) is 0. The quantitative estimate of drug-likeness (QED) is 0.224. The van der Waals surface area contributed by atoms with Gasteiger partial charge in [0.05, 0.1) is 11.0 Å². The van der Waals surface area contributed by atoms with E-state index in [9.17, 15) is 0 Å². The third-order valence-corrected chi connectivity index (χ3v) is 9.12. The van der Waals surface area contributed by atoms with E-state index in [-0.39, 0.29) is 0 Å². The maximum absolute atomic E-state index is 6.09. The van der Waals surface area contributed by atoms with Gasteiger partial charge in [0, 0.05) is 47.4 Å². The molecule has 6 aromatic carbocycles. The molecule has 0 atom stereocenters. The predicted molar refractivity (Wildman–Crippen MR) is 166 cm³/mol. The minimum absolute atomic E-state index is 0.924. The standard InChI is InChI=1S/C36H21NOS/c1-2-8-24(9-3-1)37-31-16-14-22(23-15-17-34-29(19-23)25-10-4-6-12-33(25)38-34)18-27(31)28-20-30-26-11-5-7-13-35(26)39-36(30)21-32(28)37/h1-21H. The molecular weight excluding hydrogens is 494 g/mol. The van der Waals surface area contributed by atoms with Gasteiger partial charge in [-0.05, 0) is 71.8 Å². The van der Waals surface area contributed by atoms with Crippen molar-refractivity contribution in [3.8, 4) is 16.8 Å². The van der Waals surface area contributed by atoms with Crippen LogP contribution in [0.25, 0.3) is 80.7 Å². The number of furan rings is 1. The molecule has 0 amide bonds. The van der Waals surface area contributed by atoms with Crippen LogP contribution in [0.4, 0.5) is 0 Å². The smallest absolute Gasteiger partial charge is 0.135 e. The van der Waals surface area contributed by atoms with Gasteiger partial charge in [0.2, 0.25) is 0 Å². The summed E-state index contributed by atoms with van der Waals surface area (Å²) in [6, 6.07) is 45.9. The summed E-state index contributed by atoms with van der Waals surface area (Å²) >= 11 is 1.87. The van der Waals surface area contributed by atoms with Gasteiger partial charge in [-0.15, -0.1) is 11.3 Å². The van der Waals surface area contributed by atoms with Crippen LogP contribution in [-0.4, -0.2) is 4.57 Å². The highest BCUT2D eigenvalue weighted by Gasteiger charge is 2.17. The number of nitrogens with zero attached hydrogens (tertiary/aromatic N) is 1. The first-order chi connectivity index (χ1) is 19.3. The van der Waals surface area contributed by atoms with Crippen LogP contribution < -0.4 is 0 Å². The summed E-state index contributed by atoms with van der Waals surface area (Å²) in [5.74, 6) is 0. The van der Waals surface area contributed by atoms with Crippen molar-refractivity contribution in [2.75, 3.05) is 0 Å². The number of thiophene rings is 1. The van der Waals surface area contributed by atoms with E-state index in [1.165, 1.54) is 58.8 Å². The molecule has 39 heavy (non-hydrogen) atoms. The summed E-state index contributed by atoms with van der Waals surface area (Å²) in [5.41, 5.74) is 7.89. The molecule has 0 spiro atoms. The molecule has 0 unspecified atom stereocenters.